The second-order valence-corrected chi connectivity index (χ2v) is 28.0. The molecule has 1 fully saturated rings. The van der Waals surface area contributed by atoms with Crippen molar-refractivity contribution < 1.29 is 201 Å². The number of aliphatic carboxylic acids is 5. The van der Waals surface area contributed by atoms with Crippen molar-refractivity contribution in [2.24, 2.45) is 29.6 Å². The van der Waals surface area contributed by atoms with Crippen LogP contribution in [-0.4, -0.2) is 166 Å². The molecule has 5 atom stereocenters. The number of halogens is 15. The fraction of sp³-hybridized carbons (Fsp3) is 0.468. The Bertz CT molecular complexity index is 4160. The first kappa shape index (κ1) is 104. The van der Waals surface area contributed by atoms with E-state index in [0.29, 0.717) is 23.0 Å². The normalized spacial score (nSPS) is 14.0. The highest BCUT2D eigenvalue weighted by atomic mass is 19.4. The molecule has 120 heavy (non-hydrogen) atoms. The van der Waals surface area contributed by atoms with Gasteiger partial charge in [-0.15, -0.1) is 0 Å². The number of carbonyl (C=O) groups excluding carboxylic acids is 11. The zero-order chi connectivity index (χ0) is 91.9. The molecule has 0 amide bonds. The van der Waals surface area contributed by atoms with Gasteiger partial charge in [-0.3, -0.25) is 0 Å². The molecule has 0 heterocycles. The van der Waals surface area contributed by atoms with E-state index in [-0.39, 0.29) is 46.0 Å². The Morgan fingerprint density at radius 1 is 0.358 bits per heavy atom. The molecule has 5 aromatic rings. The summed E-state index contributed by atoms with van der Waals surface area (Å²) in [5, 5.41) is 52.2. The van der Waals surface area contributed by atoms with Crippen LogP contribution >= 0.6 is 0 Å². The molecule has 0 aliphatic heterocycles. The van der Waals surface area contributed by atoms with Gasteiger partial charge in [-0.25, -0.2) is 28.8 Å². The molecule has 5 aromatic carbocycles. The molecule has 6 rings (SSSR count). The van der Waals surface area contributed by atoms with Crippen molar-refractivity contribution in [2.45, 2.75) is 155 Å². The third-order valence-electron chi connectivity index (χ3n) is 15.4. The Morgan fingerprint density at radius 2 is 0.600 bits per heavy atom. The average Bonchev–Trinajstić information content (AvgIpc) is 1.43. The van der Waals surface area contributed by atoms with Gasteiger partial charge in [0.05, 0.1) is 57.7 Å². The summed E-state index contributed by atoms with van der Waals surface area (Å²) in [4.78, 5) is 122. The monoisotopic (exact) mass is 1740 g/mol. The number of methoxy groups -OCH3 is 1. The van der Waals surface area contributed by atoms with Gasteiger partial charge in [0.25, 0.3) is 0 Å². The summed E-state index contributed by atoms with van der Waals surface area (Å²) in [6, 6.07) is 26.9. The van der Waals surface area contributed by atoms with Crippen molar-refractivity contribution in [3.63, 3.8) is 0 Å². The number of rotatable bonds is 30. The van der Waals surface area contributed by atoms with Crippen molar-refractivity contribution in [3.8, 4) is 28.7 Å². The Balaban J connectivity index is 0.000000509. The predicted octanol–water partition coefficient (Wildman–Crippen LogP) is 9.61. The van der Waals surface area contributed by atoms with Gasteiger partial charge in [-0.2, -0.15) is 65.9 Å². The lowest BCUT2D eigenvalue weighted by atomic mass is 10.1. The van der Waals surface area contributed by atoms with E-state index < -0.39 is 176 Å². The lowest BCUT2D eigenvalue weighted by Gasteiger charge is -2.25. The number of ether oxygens (including phenoxy) is 12. The number of carboxylic acid groups (broad SMARTS) is 5. The van der Waals surface area contributed by atoms with E-state index in [4.69, 9.17) is 28.4 Å². The summed E-state index contributed by atoms with van der Waals surface area (Å²) >= 11 is 0. The quantitative estimate of drug-likeness (QED) is 0.0136. The van der Waals surface area contributed by atoms with Crippen LogP contribution < -0.4 is 49.2 Å². The van der Waals surface area contributed by atoms with Crippen LogP contribution in [0.5, 0.6) is 28.7 Å². The number of hydrogen-bond acceptors (Lipinski definition) is 28. The van der Waals surface area contributed by atoms with Gasteiger partial charge in [0.2, 0.25) is 0 Å². The Morgan fingerprint density at radius 3 is 0.825 bits per heavy atom. The smallest absolute Gasteiger partial charge is 0.514 e. The largest absolute Gasteiger partial charge is 0.549 e. The SMILES string of the molecule is CC(C)(C)OC(=O)Oc1ccc(C(=O)OCC(C(=O)[O-])C(F)(F)F)cc1.CC(C)(C)Oc1ccc(C(=O)OCC(C(=O)[O-])C(F)(F)F)cc1.CC1(Oc2ccc(C(=O)OCC(C(=O)[O-])C(F)(F)F)cc2)CCCC1.CCC(C)(C)Oc1ccc(C(=O)OCC(C(=O)[O-])C(F)(F)F)cc1.COCOc1ccc(C(=O)OCC(C(=O)[O-])C(F)(F)F)cc1. The van der Waals surface area contributed by atoms with E-state index in [9.17, 15) is 144 Å². The molecular formula is C77H80F15O28-5. The number of carboxylic acids is 5. The van der Waals surface area contributed by atoms with Gasteiger partial charge < -0.3 is 106 Å². The Labute approximate surface area is 673 Å². The zero-order valence-corrected chi connectivity index (χ0v) is 65.3. The second kappa shape index (κ2) is 45.4. The lowest BCUT2D eigenvalue weighted by molar-refractivity contribution is -0.329. The molecule has 0 aromatic heterocycles. The van der Waals surface area contributed by atoms with Gasteiger partial charge in [0.15, 0.2) is 6.79 Å². The summed E-state index contributed by atoms with van der Waals surface area (Å²) in [5.74, 6) is -29.7. The van der Waals surface area contributed by atoms with Gasteiger partial charge in [0, 0.05) is 7.11 Å². The van der Waals surface area contributed by atoms with Crippen LogP contribution in [0.4, 0.5) is 70.7 Å². The van der Waals surface area contributed by atoms with E-state index in [2.05, 4.69) is 28.4 Å². The predicted molar refractivity (Wildman–Crippen MR) is 369 cm³/mol. The minimum atomic E-state index is -5.11. The first-order chi connectivity index (χ1) is 55.0. The van der Waals surface area contributed by atoms with Crippen LogP contribution in [0.1, 0.15) is 153 Å². The summed E-state index contributed by atoms with van der Waals surface area (Å²) in [6.45, 7) is 11.3. The number of esters is 5. The van der Waals surface area contributed by atoms with Crippen molar-refractivity contribution in [1.82, 2.24) is 0 Å². The van der Waals surface area contributed by atoms with E-state index in [1.165, 1.54) is 116 Å². The number of alkyl halides is 15. The Hall–Kier alpha value is -11.8. The standard InChI is InChI=1S/C17H19F3O5.C16H17F3O7.C16H19F3O5.C15H17F3O5.C13H13F3O6/c1-16(8-2-3-9-16)25-12-6-4-11(5-7-12)15(23)24-10-13(14(21)22)17(18,19)20;1-15(2,3)26-14(23)25-10-6-4-9(5-7-10)13(22)24-8-11(12(20)21)16(17,18)19;1-4-15(2,3)24-11-7-5-10(6-8-11)14(22)23-9-12(13(20)21)16(17,18)19;1-14(2,3)23-10-6-4-9(5-7-10)13(21)22-8-11(12(19)20)15(16,17)18;1-20-7-22-9-4-2-8(3-5-9)12(19)21-6-10(11(17)18)13(14,15)16/h4-7,13H,2-3,8-10H2,1H3,(H,21,22);4-7,11H,8H2,1-3H3,(H,20,21);5-8,12H,4,9H2,1-3H3,(H,20,21);4-7,11H,8H2,1-3H3,(H,19,20);2-5,10H,6-7H2,1H3,(H,17,18)/p-5. The molecule has 0 N–H and O–H groups in total. The van der Waals surface area contributed by atoms with Crippen molar-refractivity contribution in [3.05, 3.63) is 149 Å². The van der Waals surface area contributed by atoms with Crippen LogP contribution in [0.15, 0.2) is 121 Å². The molecule has 1 saturated carbocycles. The van der Waals surface area contributed by atoms with Crippen LogP contribution in [0, 0.1) is 29.6 Å². The number of carbonyl (C=O) groups is 11. The fourth-order valence-electron chi connectivity index (χ4n) is 8.76. The van der Waals surface area contributed by atoms with Crippen LogP contribution in [0.25, 0.3) is 0 Å². The molecule has 1 aliphatic rings. The van der Waals surface area contributed by atoms with Crippen molar-refractivity contribution in [2.75, 3.05) is 46.9 Å². The molecule has 0 spiro atoms. The Kier molecular flexibility index (Phi) is 39.4. The van der Waals surface area contributed by atoms with E-state index in [1.54, 1.807) is 20.8 Å². The molecule has 5 unspecified atom stereocenters. The highest BCUT2D eigenvalue weighted by molar-refractivity contribution is 5.92. The topological polar surface area (TPSA) is 414 Å². The molecule has 0 bridgehead atoms. The maximum atomic E-state index is 12.5. The molecule has 43 heteroatoms. The summed E-state index contributed by atoms with van der Waals surface area (Å²) < 4.78 is 245. The fourth-order valence-corrected chi connectivity index (χ4v) is 8.76. The first-order valence-corrected chi connectivity index (χ1v) is 34.8. The van der Waals surface area contributed by atoms with Crippen LogP contribution in [-0.2, 0) is 57.1 Å². The van der Waals surface area contributed by atoms with Crippen LogP contribution in [0.3, 0.4) is 0 Å². The summed E-state index contributed by atoms with van der Waals surface area (Å²) in [7, 11) is 1.42. The molecule has 0 saturated heterocycles. The van der Waals surface area contributed by atoms with E-state index >= 15 is 0 Å². The highest BCUT2D eigenvalue weighted by Crippen LogP contribution is 2.36. The molecule has 0 radical (unpaired) electrons. The summed E-state index contributed by atoms with van der Waals surface area (Å²) in [5.41, 5.74) is -2.13. The maximum Gasteiger partial charge on any atom is 0.514 e. The first-order valence-electron chi connectivity index (χ1n) is 34.8. The molecule has 666 valence electrons. The molecule has 28 nitrogen and oxygen atoms in total. The number of benzene rings is 5. The third-order valence-corrected chi connectivity index (χ3v) is 15.4. The highest BCUT2D eigenvalue weighted by Gasteiger charge is 2.46. The third kappa shape index (κ3) is 39.2. The van der Waals surface area contributed by atoms with Crippen molar-refractivity contribution in [1.29, 1.82) is 0 Å². The van der Waals surface area contributed by atoms with Gasteiger partial charge in [-0.1, -0.05) is 6.92 Å². The van der Waals surface area contributed by atoms with E-state index in [0.717, 1.165) is 44.2 Å². The second-order valence-electron chi connectivity index (χ2n) is 28.0. The maximum absolute atomic E-state index is 12.5. The van der Waals surface area contributed by atoms with E-state index in [1.807, 2.05) is 48.5 Å². The average molecular weight is 1740 g/mol. The number of hydrogen-bond donors (Lipinski definition) is 0. The van der Waals surface area contributed by atoms with Gasteiger partial charge in [-0.05, 0) is 216 Å². The molecule has 1 aliphatic carbocycles. The molecular weight excluding hydrogens is 1660 g/mol. The minimum absolute atomic E-state index is 0.00296. The zero-order valence-electron chi connectivity index (χ0n) is 65.3. The summed E-state index contributed by atoms with van der Waals surface area (Å²) in [6.07, 6.45) is -21.5. The lowest BCUT2D eigenvalue weighted by Crippen LogP contribution is -2.43. The van der Waals surface area contributed by atoms with Gasteiger partial charge >= 0.3 is 66.9 Å². The van der Waals surface area contributed by atoms with Crippen molar-refractivity contribution >= 4 is 65.8 Å². The minimum Gasteiger partial charge on any atom is -0.549 e. The van der Waals surface area contributed by atoms with Gasteiger partial charge in [0.1, 0.15) is 114 Å². The van der Waals surface area contributed by atoms with Crippen LogP contribution in [0.2, 0.25) is 0 Å².